The molecular formula is C16H19O6P. The fourth-order valence-corrected chi connectivity index (χ4v) is 2.75. The smallest absolute Gasteiger partial charge is 0.508 e. The van der Waals surface area contributed by atoms with Crippen molar-refractivity contribution in [3.8, 4) is 17.2 Å². The Morgan fingerprint density at radius 3 is 2.30 bits per heavy atom. The highest BCUT2D eigenvalue weighted by Gasteiger charge is 2.18. The summed E-state index contributed by atoms with van der Waals surface area (Å²) in [6, 6.07) is 11.3. The molecule has 0 atom stereocenters. The van der Waals surface area contributed by atoms with Crippen LogP contribution in [0.15, 0.2) is 42.5 Å². The second kappa shape index (κ2) is 7.51. The molecule has 0 unspecified atom stereocenters. The third-order valence-electron chi connectivity index (χ3n) is 3.34. The topological polar surface area (TPSA) is 107 Å². The van der Waals surface area contributed by atoms with Crippen molar-refractivity contribution in [3.63, 3.8) is 0 Å². The van der Waals surface area contributed by atoms with E-state index in [1.807, 2.05) is 6.07 Å². The lowest BCUT2D eigenvalue weighted by atomic mass is 10.0. The van der Waals surface area contributed by atoms with Crippen molar-refractivity contribution in [2.24, 2.45) is 0 Å². The maximum Gasteiger partial charge on any atom is 0.524 e. The zero-order valence-electron chi connectivity index (χ0n) is 12.4. The Hall–Kier alpha value is -2.01. The molecule has 0 spiro atoms. The van der Waals surface area contributed by atoms with Crippen LogP contribution >= 0.6 is 7.82 Å². The van der Waals surface area contributed by atoms with Crippen molar-refractivity contribution in [2.75, 3.05) is 0 Å². The predicted octanol–water partition coefficient (Wildman–Crippen LogP) is 3.13. The van der Waals surface area contributed by atoms with Crippen LogP contribution in [-0.2, 0) is 17.4 Å². The van der Waals surface area contributed by atoms with Crippen LogP contribution in [0.5, 0.6) is 17.2 Å². The molecule has 7 heteroatoms. The third-order valence-corrected chi connectivity index (χ3v) is 3.77. The van der Waals surface area contributed by atoms with Crippen molar-refractivity contribution in [1.82, 2.24) is 0 Å². The van der Waals surface area contributed by atoms with Crippen molar-refractivity contribution < 1.29 is 29.1 Å². The highest BCUT2D eigenvalue weighted by molar-refractivity contribution is 7.46. The van der Waals surface area contributed by atoms with Crippen LogP contribution in [0.3, 0.4) is 0 Å². The molecule has 23 heavy (non-hydrogen) atoms. The second-order valence-electron chi connectivity index (χ2n) is 5.25. The van der Waals surface area contributed by atoms with E-state index in [-0.39, 0.29) is 17.2 Å². The van der Waals surface area contributed by atoms with Gasteiger partial charge in [-0.25, -0.2) is 4.57 Å². The first kappa shape index (κ1) is 17.3. The number of phenols is 2. The van der Waals surface area contributed by atoms with E-state index < -0.39 is 7.82 Å². The first-order valence-corrected chi connectivity index (χ1v) is 8.71. The zero-order valence-corrected chi connectivity index (χ0v) is 13.3. The summed E-state index contributed by atoms with van der Waals surface area (Å²) in [5.41, 5.74) is 1.66. The Balaban J connectivity index is 1.93. The largest absolute Gasteiger partial charge is 0.524 e. The predicted molar refractivity (Wildman–Crippen MR) is 85.5 cm³/mol. The summed E-state index contributed by atoms with van der Waals surface area (Å²) >= 11 is 0. The lowest BCUT2D eigenvalue weighted by molar-refractivity contribution is 0.282. The quantitative estimate of drug-likeness (QED) is 0.456. The normalized spacial score (nSPS) is 11.4. The summed E-state index contributed by atoms with van der Waals surface area (Å²) in [5.74, 6) is 0.117. The van der Waals surface area contributed by atoms with Gasteiger partial charge in [-0.1, -0.05) is 18.2 Å². The number of rotatable bonds is 7. The van der Waals surface area contributed by atoms with Gasteiger partial charge in [0.1, 0.15) is 17.2 Å². The summed E-state index contributed by atoms with van der Waals surface area (Å²) in [7, 11) is -4.67. The van der Waals surface area contributed by atoms with Crippen LogP contribution < -0.4 is 4.52 Å². The first-order chi connectivity index (χ1) is 10.8. The molecule has 0 radical (unpaired) electrons. The molecule has 0 aromatic heterocycles. The molecular weight excluding hydrogens is 319 g/mol. The number of hydrogen-bond acceptors (Lipinski definition) is 4. The highest BCUT2D eigenvalue weighted by atomic mass is 31.2. The number of phosphoric ester groups is 1. The minimum atomic E-state index is -4.67. The van der Waals surface area contributed by atoms with E-state index >= 15 is 0 Å². The molecule has 0 aliphatic carbocycles. The van der Waals surface area contributed by atoms with E-state index in [2.05, 4.69) is 4.52 Å². The highest BCUT2D eigenvalue weighted by Crippen LogP contribution is 2.40. The molecule has 0 saturated heterocycles. The second-order valence-corrected chi connectivity index (χ2v) is 6.41. The Morgan fingerprint density at radius 2 is 1.61 bits per heavy atom. The number of hydrogen-bond donors (Lipinski definition) is 4. The van der Waals surface area contributed by atoms with E-state index in [0.29, 0.717) is 12.0 Å². The van der Waals surface area contributed by atoms with Crippen LogP contribution in [0.2, 0.25) is 0 Å². The average molecular weight is 338 g/mol. The molecule has 0 fully saturated rings. The van der Waals surface area contributed by atoms with Crippen molar-refractivity contribution >= 4 is 7.82 Å². The summed E-state index contributed by atoms with van der Waals surface area (Å²) < 4.78 is 15.6. The number of phenolic OH excluding ortho intramolecular Hbond substituents is 2. The maximum absolute atomic E-state index is 11.0. The van der Waals surface area contributed by atoms with E-state index in [1.54, 1.807) is 24.3 Å². The van der Waals surface area contributed by atoms with Gasteiger partial charge in [-0.3, -0.25) is 9.79 Å². The van der Waals surface area contributed by atoms with Gasteiger partial charge < -0.3 is 14.7 Å². The van der Waals surface area contributed by atoms with Gasteiger partial charge in [0.25, 0.3) is 0 Å². The molecule has 0 heterocycles. The van der Waals surface area contributed by atoms with E-state index in [9.17, 15) is 14.8 Å². The molecule has 4 N–H and O–H groups in total. The number of aryl methyl sites for hydroxylation is 2. The van der Waals surface area contributed by atoms with Crippen LogP contribution in [-0.4, -0.2) is 20.0 Å². The van der Waals surface area contributed by atoms with Gasteiger partial charge in [0, 0.05) is 6.07 Å². The maximum atomic E-state index is 11.0. The fraction of sp³-hybridized carbons (Fsp3) is 0.250. The average Bonchev–Trinajstić information content (AvgIpc) is 2.44. The summed E-state index contributed by atoms with van der Waals surface area (Å²) in [5, 5.41) is 18.8. The Kier molecular flexibility index (Phi) is 5.66. The molecule has 124 valence electrons. The Labute approximate surface area is 134 Å². The summed E-state index contributed by atoms with van der Waals surface area (Å²) in [6.07, 6.45) is 2.98. The molecule has 2 aromatic rings. The van der Waals surface area contributed by atoms with Gasteiger partial charge in [-0.15, -0.1) is 0 Å². The minimum absolute atomic E-state index is 0.00399. The van der Waals surface area contributed by atoms with Gasteiger partial charge in [-0.05, 0) is 55.0 Å². The van der Waals surface area contributed by atoms with Crippen LogP contribution in [0.4, 0.5) is 0 Å². The molecule has 2 aromatic carbocycles. The van der Waals surface area contributed by atoms with Gasteiger partial charge in [0.15, 0.2) is 0 Å². The van der Waals surface area contributed by atoms with Gasteiger partial charge >= 0.3 is 7.82 Å². The summed E-state index contributed by atoms with van der Waals surface area (Å²) in [4.78, 5) is 17.8. The van der Waals surface area contributed by atoms with Crippen molar-refractivity contribution in [2.45, 2.75) is 25.7 Å². The lowest BCUT2D eigenvalue weighted by Crippen LogP contribution is -1.96. The zero-order chi connectivity index (χ0) is 16.9. The van der Waals surface area contributed by atoms with Crippen LogP contribution in [0, 0.1) is 0 Å². The first-order valence-electron chi connectivity index (χ1n) is 7.18. The van der Waals surface area contributed by atoms with Gasteiger partial charge in [-0.2, -0.15) is 0 Å². The van der Waals surface area contributed by atoms with Gasteiger partial charge in [0.2, 0.25) is 0 Å². The van der Waals surface area contributed by atoms with E-state index in [4.69, 9.17) is 9.79 Å². The lowest BCUT2D eigenvalue weighted by Gasteiger charge is -2.12. The molecule has 6 nitrogen and oxygen atoms in total. The molecule has 0 saturated carbocycles. The standard InChI is InChI=1S/C16H19O6P/c17-14-7-3-5-12(10-14)4-1-2-6-13-8-9-15(18)11-16(13)22-23(19,20)21/h3,5,7-11,17-18H,1-2,4,6H2,(H2,19,20,21). The molecule has 0 amide bonds. The van der Waals surface area contributed by atoms with E-state index in [0.717, 1.165) is 24.8 Å². The number of unbranched alkanes of at least 4 members (excludes halogenated alkanes) is 1. The number of aromatic hydroxyl groups is 2. The van der Waals surface area contributed by atoms with Crippen molar-refractivity contribution in [3.05, 3.63) is 53.6 Å². The third kappa shape index (κ3) is 5.94. The molecule has 2 rings (SSSR count). The molecule has 0 bridgehead atoms. The van der Waals surface area contributed by atoms with E-state index in [1.165, 1.54) is 12.1 Å². The van der Waals surface area contributed by atoms with Crippen LogP contribution in [0.25, 0.3) is 0 Å². The summed E-state index contributed by atoms with van der Waals surface area (Å²) in [6.45, 7) is 0. The van der Waals surface area contributed by atoms with Crippen LogP contribution in [0.1, 0.15) is 24.0 Å². The molecule has 0 aliphatic rings. The Morgan fingerprint density at radius 1 is 0.913 bits per heavy atom. The van der Waals surface area contributed by atoms with Crippen molar-refractivity contribution in [1.29, 1.82) is 0 Å². The number of benzene rings is 2. The number of phosphoric acid groups is 1. The fourth-order valence-electron chi connectivity index (χ4n) is 2.32. The molecule has 0 aliphatic heterocycles. The monoisotopic (exact) mass is 338 g/mol. The SMILES string of the molecule is O=P(O)(O)Oc1cc(O)ccc1CCCCc1cccc(O)c1. The van der Waals surface area contributed by atoms with Gasteiger partial charge in [0.05, 0.1) is 0 Å². The Bertz CT molecular complexity index is 709. The minimum Gasteiger partial charge on any atom is -0.508 e.